The second kappa shape index (κ2) is 10.4. The van der Waals surface area contributed by atoms with Crippen LogP contribution in [0, 0.1) is 6.92 Å². The van der Waals surface area contributed by atoms with E-state index in [9.17, 15) is 4.79 Å². The molecule has 1 fully saturated rings. The fourth-order valence-electron chi connectivity index (χ4n) is 3.80. The first-order valence-corrected chi connectivity index (χ1v) is 11.8. The van der Waals surface area contributed by atoms with Crippen LogP contribution >= 0.6 is 23.2 Å². The van der Waals surface area contributed by atoms with Gasteiger partial charge in [-0.3, -0.25) is 14.5 Å². The lowest BCUT2D eigenvalue weighted by Crippen LogP contribution is -2.49. The van der Waals surface area contributed by atoms with Crippen molar-refractivity contribution < 1.29 is 9.53 Å². The molecule has 0 spiro atoms. The number of pyridine rings is 1. The Balaban J connectivity index is 1.39. The number of carbonyl (C=O) groups is 1. The molecule has 1 aromatic carbocycles. The number of ether oxygens (including phenoxy) is 1. The van der Waals surface area contributed by atoms with E-state index >= 15 is 0 Å². The smallest absolute Gasteiger partial charge is 0.244 e. The van der Waals surface area contributed by atoms with Crippen molar-refractivity contribution in [2.45, 2.75) is 26.8 Å². The van der Waals surface area contributed by atoms with Gasteiger partial charge >= 0.3 is 0 Å². The molecule has 0 atom stereocenters. The van der Waals surface area contributed by atoms with E-state index in [2.05, 4.69) is 21.9 Å². The van der Waals surface area contributed by atoms with Gasteiger partial charge in [0.25, 0.3) is 0 Å². The van der Waals surface area contributed by atoms with E-state index in [-0.39, 0.29) is 12.5 Å². The summed E-state index contributed by atoms with van der Waals surface area (Å²) in [6.07, 6.45) is 2.62. The van der Waals surface area contributed by atoms with Gasteiger partial charge in [0.1, 0.15) is 18.0 Å². The van der Waals surface area contributed by atoms with Crippen molar-refractivity contribution in [1.29, 1.82) is 0 Å². The van der Waals surface area contributed by atoms with Gasteiger partial charge in [0.05, 0.1) is 28.0 Å². The maximum atomic E-state index is 13.0. The molecule has 1 amide bonds. The Morgan fingerprint density at radius 1 is 1.12 bits per heavy atom. The number of carbonyl (C=O) groups excluding carboxylic acids is 1. The minimum atomic E-state index is 0.0209. The molecule has 1 saturated heterocycles. The normalized spacial score (nSPS) is 13.9. The van der Waals surface area contributed by atoms with E-state index in [0.29, 0.717) is 46.9 Å². The van der Waals surface area contributed by atoms with Crippen LogP contribution in [0.5, 0.6) is 5.75 Å². The monoisotopic (exact) mass is 487 g/mol. The number of piperazine rings is 1. The van der Waals surface area contributed by atoms with Crippen molar-refractivity contribution in [2.75, 3.05) is 37.7 Å². The van der Waals surface area contributed by atoms with Gasteiger partial charge in [-0.1, -0.05) is 36.2 Å². The van der Waals surface area contributed by atoms with Crippen molar-refractivity contribution in [3.05, 3.63) is 58.3 Å². The number of hydrogen-bond acceptors (Lipinski definition) is 5. The number of aromatic nitrogens is 3. The van der Waals surface area contributed by atoms with Gasteiger partial charge in [-0.05, 0) is 37.6 Å². The minimum Gasteiger partial charge on any atom is -0.492 e. The standard InChI is InChI=1S/C24H27Cl2N5O2/c1-3-14-33-21-15-18(7-8-19(21)25)29-10-12-30(13-11-29)22(32)16-31-17(2)23(26)24(28-31)20-6-4-5-9-27-20/h4-9,15H,3,10-14,16H2,1-2H3. The molecular formula is C24H27Cl2N5O2. The maximum Gasteiger partial charge on any atom is 0.244 e. The first-order chi connectivity index (χ1) is 16.0. The number of benzene rings is 1. The van der Waals surface area contributed by atoms with Gasteiger partial charge in [-0.25, -0.2) is 0 Å². The lowest BCUT2D eigenvalue weighted by Gasteiger charge is -2.36. The molecular weight excluding hydrogens is 461 g/mol. The molecule has 1 aliphatic heterocycles. The second-order valence-corrected chi connectivity index (χ2v) is 8.74. The largest absolute Gasteiger partial charge is 0.492 e. The average molecular weight is 488 g/mol. The first-order valence-electron chi connectivity index (χ1n) is 11.1. The summed E-state index contributed by atoms with van der Waals surface area (Å²) in [6.45, 7) is 7.44. The summed E-state index contributed by atoms with van der Waals surface area (Å²) in [5.74, 6) is 0.719. The molecule has 4 rings (SSSR count). The number of amides is 1. The van der Waals surface area contributed by atoms with E-state index < -0.39 is 0 Å². The molecule has 1 aliphatic rings. The Bertz CT molecular complexity index is 1110. The fraction of sp³-hybridized carbons (Fsp3) is 0.375. The quantitative estimate of drug-likeness (QED) is 0.483. The fourth-order valence-corrected chi connectivity index (χ4v) is 4.20. The average Bonchev–Trinajstić information content (AvgIpc) is 3.12. The number of nitrogens with zero attached hydrogens (tertiary/aromatic N) is 5. The highest BCUT2D eigenvalue weighted by Crippen LogP contribution is 2.31. The zero-order valence-corrected chi connectivity index (χ0v) is 20.3. The molecule has 3 heterocycles. The number of hydrogen-bond donors (Lipinski definition) is 0. The number of halogens is 2. The number of anilines is 1. The molecule has 9 heteroatoms. The maximum absolute atomic E-state index is 13.0. The summed E-state index contributed by atoms with van der Waals surface area (Å²) in [7, 11) is 0. The molecule has 0 N–H and O–H groups in total. The predicted octanol–water partition coefficient (Wildman–Crippen LogP) is 4.70. The van der Waals surface area contributed by atoms with Gasteiger partial charge in [-0.15, -0.1) is 0 Å². The topological polar surface area (TPSA) is 63.5 Å². The van der Waals surface area contributed by atoms with E-state index in [1.807, 2.05) is 48.2 Å². The van der Waals surface area contributed by atoms with E-state index in [0.717, 1.165) is 30.9 Å². The van der Waals surface area contributed by atoms with Gasteiger partial charge in [0, 0.05) is 44.1 Å². The molecule has 0 saturated carbocycles. The molecule has 174 valence electrons. The summed E-state index contributed by atoms with van der Waals surface area (Å²) in [5.41, 5.74) is 3.09. The van der Waals surface area contributed by atoms with Crippen LogP contribution in [0.2, 0.25) is 10.0 Å². The Kier molecular flexibility index (Phi) is 7.40. The van der Waals surface area contributed by atoms with Crippen LogP contribution in [0.3, 0.4) is 0 Å². The molecule has 0 unspecified atom stereocenters. The highest BCUT2D eigenvalue weighted by atomic mass is 35.5. The van der Waals surface area contributed by atoms with Gasteiger partial charge in [0.2, 0.25) is 5.91 Å². The molecule has 33 heavy (non-hydrogen) atoms. The lowest BCUT2D eigenvalue weighted by molar-refractivity contribution is -0.132. The Morgan fingerprint density at radius 2 is 1.91 bits per heavy atom. The highest BCUT2D eigenvalue weighted by molar-refractivity contribution is 6.33. The van der Waals surface area contributed by atoms with Crippen molar-refractivity contribution >= 4 is 34.8 Å². The SMILES string of the molecule is CCCOc1cc(N2CCN(C(=O)Cn3nc(-c4ccccn4)c(Cl)c3C)CC2)ccc1Cl. The molecule has 2 aromatic heterocycles. The van der Waals surface area contributed by atoms with Gasteiger partial charge in [-0.2, -0.15) is 5.10 Å². The predicted molar refractivity (Wildman–Crippen MR) is 131 cm³/mol. The van der Waals surface area contributed by atoms with Crippen LogP contribution in [0.1, 0.15) is 19.0 Å². The Hall–Kier alpha value is -2.77. The number of rotatable bonds is 7. The van der Waals surface area contributed by atoms with Crippen LogP contribution in [0.25, 0.3) is 11.4 Å². The molecule has 7 nitrogen and oxygen atoms in total. The van der Waals surface area contributed by atoms with E-state index in [1.165, 1.54) is 0 Å². The lowest BCUT2D eigenvalue weighted by atomic mass is 10.2. The molecule has 0 aliphatic carbocycles. The van der Waals surface area contributed by atoms with Crippen molar-refractivity contribution in [3.63, 3.8) is 0 Å². The summed E-state index contributed by atoms with van der Waals surface area (Å²) in [4.78, 5) is 21.4. The zero-order chi connectivity index (χ0) is 23.4. The third kappa shape index (κ3) is 5.25. The zero-order valence-electron chi connectivity index (χ0n) is 18.8. The van der Waals surface area contributed by atoms with Gasteiger partial charge < -0.3 is 14.5 Å². The third-order valence-electron chi connectivity index (χ3n) is 5.70. The molecule has 0 radical (unpaired) electrons. The van der Waals surface area contributed by atoms with E-state index in [1.54, 1.807) is 10.9 Å². The summed E-state index contributed by atoms with van der Waals surface area (Å²) in [5, 5.41) is 5.69. The van der Waals surface area contributed by atoms with Crippen molar-refractivity contribution in [1.82, 2.24) is 19.7 Å². The summed E-state index contributed by atoms with van der Waals surface area (Å²) < 4.78 is 7.41. The Labute approximate surface area is 203 Å². The van der Waals surface area contributed by atoms with Crippen LogP contribution in [0.4, 0.5) is 5.69 Å². The van der Waals surface area contributed by atoms with Crippen LogP contribution < -0.4 is 9.64 Å². The van der Waals surface area contributed by atoms with Crippen molar-refractivity contribution in [2.24, 2.45) is 0 Å². The van der Waals surface area contributed by atoms with Crippen molar-refractivity contribution in [3.8, 4) is 17.1 Å². The third-order valence-corrected chi connectivity index (χ3v) is 6.46. The second-order valence-electron chi connectivity index (χ2n) is 7.95. The first kappa shape index (κ1) is 23.4. The molecule has 3 aromatic rings. The van der Waals surface area contributed by atoms with Crippen LogP contribution in [0.15, 0.2) is 42.6 Å². The minimum absolute atomic E-state index is 0.0209. The summed E-state index contributed by atoms with van der Waals surface area (Å²) >= 11 is 12.7. The summed E-state index contributed by atoms with van der Waals surface area (Å²) in [6, 6.07) is 11.4. The Morgan fingerprint density at radius 3 is 2.61 bits per heavy atom. The van der Waals surface area contributed by atoms with Crippen LogP contribution in [-0.4, -0.2) is 58.4 Å². The van der Waals surface area contributed by atoms with Crippen LogP contribution in [-0.2, 0) is 11.3 Å². The molecule has 0 bridgehead atoms. The highest BCUT2D eigenvalue weighted by Gasteiger charge is 2.24. The van der Waals surface area contributed by atoms with E-state index in [4.69, 9.17) is 27.9 Å². The van der Waals surface area contributed by atoms with Gasteiger partial charge in [0.15, 0.2) is 0 Å².